The largest absolute Gasteiger partial charge is 0.508 e. The minimum absolute atomic E-state index is 0.0327. The van der Waals surface area contributed by atoms with Gasteiger partial charge >= 0.3 is 5.97 Å². The van der Waals surface area contributed by atoms with Gasteiger partial charge in [-0.15, -0.1) is 0 Å². The van der Waals surface area contributed by atoms with E-state index in [-0.39, 0.29) is 35.1 Å². The first-order valence-electron chi connectivity index (χ1n) is 6.48. The second-order valence-electron chi connectivity index (χ2n) is 4.36. The van der Waals surface area contributed by atoms with Crippen molar-refractivity contribution in [1.82, 2.24) is 5.48 Å². The molecule has 0 aliphatic rings. The fraction of sp³-hybridized carbons (Fsp3) is 0.133. The van der Waals surface area contributed by atoms with Gasteiger partial charge in [-0.25, -0.2) is 0 Å². The number of carbonyl (C=O) groups excluding carboxylic acids is 1. The number of carbonyl (C=O) groups is 1. The molecule has 1 aromatic heterocycles. The highest BCUT2D eigenvalue weighted by atomic mass is 16.6. The van der Waals surface area contributed by atoms with Gasteiger partial charge in [0, 0.05) is 30.2 Å². The first-order chi connectivity index (χ1) is 10.5. The molecule has 0 aliphatic carbocycles. The van der Waals surface area contributed by atoms with E-state index in [0.717, 1.165) is 6.07 Å². The minimum atomic E-state index is -0.429. The number of aromatic hydroxyl groups is 2. The van der Waals surface area contributed by atoms with Crippen LogP contribution in [0.5, 0.6) is 17.4 Å². The van der Waals surface area contributed by atoms with Gasteiger partial charge in [-0.2, -0.15) is 0 Å². The standard InChI is InChI=1S/C15H15NO6/c1-2-14(19)22-15-6-4-10(21-15)8-12(16-20)11-5-3-9(17)7-13(11)18/h3-8,16-18,20H,2H2,1H3/b12-8-. The number of esters is 1. The predicted octanol–water partition coefficient (Wildman–Crippen LogP) is 2.48. The molecule has 0 aliphatic heterocycles. The summed E-state index contributed by atoms with van der Waals surface area (Å²) in [6.07, 6.45) is 1.62. The van der Waals surface area contributed by atoms with Gasteiger partial charge in [-0.05, 0) is 18.2 Å². The number of hydroxylamine groups is 1. The third-order valence-electron chi connectivity index (χ3n) is 2.78. The molecule has 7 heteroatoms. The first-order valence-corrected chi connectivity index (χ1v) is 6.48. The molecule has 0 radical (unpaired) electrons. The fourth-order valence-electron chi connectivity index (χ4n) is 1.71. The van der Waals surface area contributed by atoms with Gasteiger partial charge in [0.1, 0.15) is 17.3 Å². The molecule has 4 N–H and O–H groups in total. The summed E-state index contributed by atoms with van der Waals surface area (Å²) in [4.78, 5) is 11.2. The summed E-state index contributed by atoms with van der Waals surface area (Å²) in [6, 6.07) is 6.91. The molecule has 2 rings (SSSR count). The van der Waals surface area contributed by atoms with Crippen molar-refractivity contribution >= 4 is 17.7 Å². The lowest BCUT2D eigenvalue weighted by atomic mass is 10.1. The number of nitrogens with one attached hydrogen (secondary N) is 1. The second kappa shape index (κ2) is 6.68. The van der Waals surface area contributed by atoms with E-state index in [1.54, 1.807) is 6.92 Å². The van der Waals surface area contributed by atoms with Crippen molar-refractivity contribution in [3.8, 4) is 17.4 Å². The van der Waals surface area contributed by atoms with E-state index in [2.05, 4.69) is 0 Å². The molecule has 22 heavy (non-hydrogen) atoms. The fourth-order valence-corrected chi connectivity index (χ4v) is 1.71. The Bertz CT molecular complexity index is 704. The maximum absolute atomic E-state index is 11.2. The van der Waals surface area contributed by atoms with Gasteiger partial charge < -0.3 is 19.4 Å². The summed E-state index contributed by atoms with van der Waals surface area (Å²) < 4.78 is 10.2. The molecular weight excluding hydrogens is 290 g/mol. The summed E-state index contributed by atoms with van der Waals surface area (Å²) in [5.41, 5.74) is 2.33. The van der Waals surface area contributed by atoms with E-state index in [0.29, 0.717) is 5.76 Å². The number of hydrogen-bond donors (Lipinski definition) is 4. The summed E-state index contributed by atoms with van der Waals surface area (Å²) in [7, 11) is 0. The smallest absolute Gasteiger partial charge is 0.313 e. The molecule has 0 saturated carbocycles. The normalized spacial score (nSPS) is 11.3. The molecule has 0 saturated heterocycles. The monoisotopic (exact) mass is 305 g/mol. The van der Waals surface area contributed by atoms with E-state index in [9.17, 15) is 20.2 Å². The number of furan rings is 1. The van der Waals surface area contributed by atoms with Crippen molar-refractivity contribution in [2.45, 2.75) is 13.3 Å². The van der Waals surface area contributed by atoms with Crippen molar-refractivity contribution in [3.05, 3.63) is 41.7 Å². The average molecular weight is 305 g/mol. The van der Waals surface area contributed by atoms with Crippen LogP contribution in [0.3, 0.4) is 0 Å². The Morgan fingerprint density at radius 1 is 1.32 bits per heavy atom. The number of rotatable bonds is 5. The number of benzene rings is 1. The Morgan fingerprint density at radius 2 is 2.09 bits per heavy atom. The third kappa shape index (κ3) is 3.58. The van der Waals surface area contributed by atoms with E-state index >= 15 is 0 Å². The quantitative estimate of drug-likeness (QED) is 0.496. The van der Waals surface area contributed by atoms with Crippen LogP contribution in [0.25, 0.3) is 11.8 Å². The van der Waals surface area contributed by atoms with E-state index in [1.165, 1.54) is 30.3 Å². The third-order valence-corrected chi connectivity index (χ3v) is 2.78. The zero-order chi connectivity index (χ0) is 16.1. The molecule has 7 nitrogen and oxygen atoms in total. The Morgan fingerprint density at radius 3 is 2.73 bits per heavy atom. The Balaban J connectivity index is 2.27. The zero-order valence-electron chi connectivity index (χ0n) is 11.7. The molecule has 1 heterocycles. The van der Waals surface area contributed by atoms with Crippen LogP contribution in [0.15, 0.2) is 34.7 Å². The number of ether oxygens (including phenoxy) is 1. The van der Waals surface area contributed by atoms with Crippen molar-refractivity contribution in [1.29, 1.82) is 0 Å². The summed E-state index contributed by atoms with van der Waals surface area (Å²) in [5, 5.41) is 28.2. The van der Waals surface area contributed by atoms with Crippen LogP contribution in [-0.2, 0) is 4.79 Å². The molecule has 0 spiro atoms. The van der Waals surface area contributed by atoms with Crippen molar-refractivity contribution in [2.75, 3.05) is 0 Å². The Hall–Kier alpha value is -2.93. The Labute approximate surface area is 126 Å². The summed E-state index contributed by atoms with van der Waals surface area (Å²) in [6.45, 7) is 1.66. The van der Waals surface area contributed by atoms with E-state index in [4.69, 9.17) is 9.15 Å². The second-order valence-corrected chi connectivity index (χ2v) is 4.36. The molecule has 0 atom stereocenters. The van der Waals surface area contributed by atoms with Crippen molar-refractivity contribution in [3.63, 3.8) is 0 Å². The van der Waals surface area contributed by atoms with Gasteiger partial charge in [0.25, 0.3) is 5.95 Å². The molecule has 0 fully saturated rings. The highest BCUT2D eigenvalue weighted by molar-refractivity contribution is 5.81. The molecule has 0 unspecified atom stereocenters. The average Bonchev–Trinajstić information content (AvgIpc) is 2.92. The lowest BCUT2D eigenvalue weighted by Crippen LogP contribution is -2.05. The molecule has 1 aromatic carbocycles. The maximum Gasteiger partial charge on any atom is 0.313 e. The summed E-state index contributed by atoms with van der Waals surface area (Å²) >= 11 is 0. The zero-order valence-corrected chi connectivity index (χ0v) is 11.7. The first kappa shape index (κ1) is 15.5. The topological polar surface area (TPSA) is 112 Å². The van der Waals surface area contributed by atoms with Crippen LogP contribution in [0.2, 0.25) is 0 Å². The SMILES string of the molecule is CCC(=O)Oc1ccc(/C=C(\NO)c2ccc(O)cc2O)o1. The summed E-state index contributed by atoms with van der Waals surface area (Å²) in [5.74, 6) is -0.433. The van der Waals surface area contributed by atoms with Gasteiger partial charge in [0.15, 0.2) is 0 Å². The molecule has 0 amide bonds. The lowest BCUT2D eigenvalue weighted by Gasteiger charge is -2.08. The molecule has 0 bridgehead atoms. The van der Waals surface area contributed by atoms with E-state index < -0.39 is 5.97 Å². The highest BCUT2D eigenvalue weighted by Crippen LogP contribution is 2.29. The van der Waals surface area contributed by atoms with Crippen LogP contribution in [0.1, 0.15) is 24.7 Å². The molecule has 116 valence electrons. The van der Waals surface area contributed by atoms with Crippen LogP contribution >= 0.6 is 0 Å². The minimum Gasteiger partial charge on any atom is -0.508 e. The van der Waals surface area contributed by atoms with Crippen molar-refractivity contribution in [2.24, 2.45) is 0 Å². The van der Waals surface area contributed by atoms with Gasteiger partial charge in [-0.3, -0.25) is 15.5 Å². The van der Waals surface area contributed by atoms with Gasteiger partial charge in [0.05, 0.1) is 5.70 Å². The Kier molecular flexibility index (Phi) is 4.70. The number of phenolic OH excluding ortho intramolecular Hbond substituents is 2. The van der Waals surface area contributed by atoms with Crippen LogP contribution in [-0.4, -0.2) is 21.4 Å². The van der Waals surface area contributed by atoms with Crippen LogP contribution in [0, 0.1) is 0 Å². The predicted molar refractivity (Wildman–Crippen MR) is 77.2 cm³/mol. The van der Waals surface area contributed by atoms with Crippen molar-refractivity contribution < 1.29 is 29.4 Å². The van der Waals surface area contributed by atoms with Gasteiger partial charge in [-0.1, -0.05) is 6.92 Å². The molecular formula is C15H15NO6. The van der Waals surface area contributed by atoms with Crippen LogP contribution in [0.4, 0.5) is 0 Å². The number of phenols is 2. The lowest BCUT2D eigenvalue weighted by molar-refractivity contribution is -0.135. The molecule has 2 aromatic rings. The maximum atomic E-state index is 11.2. The van der Waals surface area contributed by atoms with E-state index in [1.807, 2.05) is 5.48 Å². The van der Waals surface area contributed by atoms with Gasteiger partial charge in [0.2, 0.25) is 0 Å². The van der Waals surface area contributed by atoms with Crippen LogP contribution < -0.4 is 10.2 Å². The number of hydrogen-bond acceptors (Lipinski definition) is 7. The highest BCUT2D eigenvalue weighted by Gasteiger charge is 2.10.